The maximum Gasteiger partial charge on any atom is 0.259 e. The highest BCUT2D eigenvalue weighted by Gasteiger charge is 2.33. The summed E-state index contributed by atoms with van der Waals surface area (Å²) in [6.07, 6.45) is 4.79. The molecule has 0 fully saturated rings. The number of nitrogens with one attached hydrogen (secondary N) is 1. The second-order valence-corrected chi connectivity index (χ2v) is 12.4. The second-order valence-electron chi connectivity index (χ2n) is 9.59. The summed E-state index contributed by atoms with van der Waals surface area (Å²) in [6.45, 7) is 6.91. The van der Waals surface area contributed by atoms with E-state index in [0.29, 0.717) is 11.5 Å². The zero-order chi connectivity index (χ0) is 24.5. The van der Waals surface area contributed by atoms with Gasteiger partial charge in [-0.2, -0.15) is 0 Å². The fraction of sp³-hybridized carbons (Fsp3) is 0.333. The molecular weight excluding hydrogens is 576 g/mol. The van der Waals surface area contributed by atoms with Gasteiger partial charge in [-0.05, 0) is 97.8 Å². The van der Waals surface area contributed by atoms with Crippen LogP contribution in [0.25, 0.3) is 0 Å². The molecule has 1 aliphatic carbocycles. The van der Waals surface area contributed by atoms with E-state index >= 15 is 0 Å². The number of amides is 1. The zero-order valence-corrected chi connectivity index (χ0v) is 23.7. The van der Waals surface area contributed by atoms with Gasteiger partial charge in [-0.3, -0.25) is 4.79 Å². The van der Waals surface area contributed by atoms with Crippen LogP contribution in [0.15, 0.2) is 56.4 Å². The third-order valence-corrected chi connectivity index (χ3v) is 8.63. The number of hydrogen-bond donors (Lipinski definition) is 1. The Morgan fingerprint density at radius 2 is 1.85 bits per heavy atom. The minimum Gasteiger partial charge on any atom is -0.494 e. The van der Waals surface area contributed by atoms with Crippen LogP contribution < -0.4 is 10.1 Å². The number of methoxy groups -OCH3 is 1. The van der Waals surface area contributed by atoms with E-state index in [1.165, 1.54) is 4.88 Å². The molecule has 0 saturated carbocycles. The van der Waals surface area contributed by atoms with Gasteiger partial charge in [-0.25, -0.2) is 4.99 Å². The summed E-state index contributed by atoms with van der Waals surface area (Å²) in [5, 5.41) is 3.83. The Hall–Kier alpha value is -1.96. The minimum absolute atomic E-state index is 0.0952. The number of halogens is 2. The Morgan fingerprint density at radius 1 is 1.18 bits per heavy atom. The smallest absolute Gasteiger partial charge is 0.259 e. The van der Waals surface area contributed by atoms with Crippen LogP contribution in [-0.4, -0.2) is 19.2 Å². The number of rotatable bonds is 5. The van der Waals surface area contributed by atoms with Crippen LogP contribution in [0.5, 0.6) is 5.75 Å². The number of fused-ring (bicyclic) bond motifs is 1. The summed E-state index contributed by atoms with van der Waals surface area (Å²) in [7, 11) is 1.64. The molecule has 0 bridgehead atoms. The standard InChI is InChI=1S/C27H28Br2N2O2S/c1-27(2,3)17-10-11-19-22(14-17)34-26(23(19)25(32)31-18-8-6-5-7-9-18)30-15-16-12-20(28)24(33-4)21(29)13-16/h5-9,12-13,15,17H,10-11,14H2,1-4H3,(H,31,32)/t17-/m1/s1. The molecule has 1 atom stereocenters. The van der Waals surface area contributed by atoms with Gasteiger partial charge in [0, 0.05) is 16.8 Å². The van der Waals surface area contributed by atoms with Gasteiger partial charge < -0.3 is 10.1 Å². The number of nitrogens with zero attached hydrogens (tertiary/aromatic N) is 1. The van der Waals surface area contributed by atoms with Gasteiger partial charge in [0.05, 0.1) is 21.6 Å². The molecule has 0 saturated heterocycles. The van der Waals surface area contributed by atoms with Crippen molar-refractivity contribution in [2.24, 2.45) is 16.3 Å². The van der Waals surface area contributed by atoms with E-state index in [0.717, 1.165) is 55.8 Å². The molecule has 178 valence electrons. The molecule has 1 aromatic heterocycles. The van der Waals surface area contributed by atoms with Gasteiger partial charge in [-0.1, -0.05) is 39.0 Å². The van der Waals surface area contributed by atoms with Crippen molar-refractivity contribution in [1.82, 2.24) is 0 Å². The quantitative estimate of drug-likeness (QED) is 0.297. The lowest BCUT2D eigenvalue weighted by Crippen LogP contribution is -2.27. The fourth-order valence-corrected chi connectivity index (χ4v) is 7.15. The van der Waals surface area contributed by atoms with Crippen molar-refractivity contribution in [2.75, 3.05) is 12.4 Å². The van der Waals surface area contributed by atoms with E-state index in [9.17, 15) is 4.79 Å². The number of hydrogen-bond acceptors (Lipinski definition) is 4. The molecular formula is C27H28Br2N2O2S. The molecule has 1 heterocycles. The largest absolute Gasteiger partial charge is 0.494 e. The SMILES string of the molecule is COc1c(Br)cc(C=Nc2sc3c(c2C(=O)Nc2ccccc2)CC[C@@H](C(C)(C)C)C3)cc1Br. The van der Waals surface area contributed by atoms with Crippen LogP contribution in [0.3, 0.4) is 0 Å². The van der Waals surface area contributed by atoms with Crippen molar-refractivity contribution in [2.45, 2.75) is 40.0 Å². The third kappa shape index (κ3) is 5.47. The first-order valence-corrected chi connectivity index (χ1v) is 13.7. The highest BCUT2D eigenvalue weighted by atomic mass is 79.9. The van der Waals surface area contributed by atoms with Crippen LogP contribution in [-0.2, 0) is 12.8 Å². The molecule has 4 rings (SSSR count). The molecule has 3 aromatic rings. The third-order valence-electron chi connectivity index (χ3n) is 6.29. The highest BCUT2D eigenvalue weighted by Crippen LogP contribution is 2.45. The molecule has 0 unspecified atom stereocenters. The lowest BCUT2D eigenvalue weighted by Gasteiger charge is -2.33. The number of thiophene rings is 1. The van der Waals surface area contributed by atoms with Crippen molar-refractivity contribution in [3.63, 3.8) is 0 Å². The van der Waals surface area contributed by atoms with Gasteiger partial charge >= 0.3 is 0 Å². The summed E-state index contributed by atoms with van der Waals surface area (Å²) < 4.78 is 7.08. The maximum atomic E-state index is 13.4. The monoisotopic (exact) mass is 602 g/mol. The summed E-state index contributed by atoms with van der Waals surface area (Å²) in [5.41, 5.74) is 3.79. The number of ether oxygens (including phenoxy) is 1. The second kappa shape index (κ2) is 10.3. The normalized spacial score (nSPS) is 15.9. The van der Waals surface area contributed by atoms with Crippen molar-refractivity contribution in [3.8, 4) is 5.75 Å². The molecule has 0 radical (unpaired) electrons. The van der Waals surface area contributed by atoms with Crippen LogP contribution in [0.1, 0.15) is 53.6 Å². The van der Waals surface area contributed by atoms with Gasteiger partial charge in [0.15, 0.2) is 0 Å². The fourth-order valence-electron chi connectivity index (χ4n) is 4.33. The van der Waals surface area contributed by atoms with E-state index in [1.807, 2.05) is 48.7 Å². The van der Waals surface area contributed by atoms with Gasteiger partial charge in [0.1, 0.15) is 10.8 Å². The van der Waals surface area contributed by atoms with Crippen LogP contribution >= 0.6 is 43.2 Å². The molecule has 34 heavy (non-hydrogen) atoms. The summed E-state index contributed by atoms with van der Waals surface area (Å²) in [5.74, 6) is 1.23. The minimum atomic E-state index is -0.0952. The van der Waals surface area contributed by atoms with Crippen molar-refractivity contribution < 1.29 is 9.53 Å². The molecule has 0 aliphatic heterocycles. The first-order chi connectivity index (χ1) is 16.2. The molecule has 0 spiro atoms. The summed E-state index contributed by atoms with van der Waals surface area (Å²) >= 11 is 8.75. The first-order valence-electron chi connectivity index (χ1n) is 11.3. The van der Waals surface area contributed by atoms with Crippen LogP contribution in [0.2, 0.25) is 0 Å². The lowest BCUT2D eigenvalue weighted by molar-refractivity contribution is 0.102. The number of benzene rings is 2. The van der Waals surface area contributed by atoms with E-state index in [4.69, 9.17) is 9.73 Å². The molecule has 1 amide bonds. The lowest BCUT2D eigenvalue weighted by atomic mass is 9.72. The Bertz CT molecular complexity index is 1210. The van der Waals surface area contributed by atoms with E-state index in [2.05, 4.69) is 57.9 Å². The molecule has 2 aromatic carbocycles. The first kappa shape index (κ1) is 25.1. The maximum absolute atomic E-state index is 13.4. The number of carbonyl (C=O) groups is 1. The van der Waals surface area contributed by atoms with E-state index in [1.54, 1.807) is 18.4 Å². The molecule has 1 aliphatic rings. The van der Waals surface area contributed by atoms with Crippen molar-refractivity contribution in [1.29, 1.82) is 0 Å². The number of aliphatic imine (C=N–C) groups is 1. The van der Waals surface area contributed by atoms with E-state index in [-0.39, 0.29) is 11.3 Å². The highest BCUT2D eigenvalue weighted by molar-refractivity contribution is 9.11. The van der Waals surface area contributed by atoms with E-state index < -0.39 is 0 Å². The predicted molar refractivity (Wildman–Crippen MR) is 149 cm³/mol. The summed E-state index contributed by atoms with van der Waals surface area (Å²) in [4.78, 5) is 19.5. The number of anilines is 1. The topological polar surface area (TPSA) is 50.7 Å². The van der Waals surface area contributed by atoms with Crippen LogP contribution in [0, 0.1) is 11.3 Å². The van der Waals surface area contributed by atoms with Crippen LogP contribution in [0.4, 0.5) is 10.7 Å². The van der Waals surface area contributed by atoms with Gasteiger partial charge in [0.25, 0.3) is 5.91 Å². The predicted octanol–water partition coefficient (Wildman–Crippen LogP) is 8.44. The van der Waals surface area contributed by atoms with Crippen molar-refractivity contribution in [3.05, 3.63) is 73.0 Å². The number of carbonyl (C=O) groups excluding carboxylic acids is 1. The number of para-hydroxylation sites is 1. The zero-order valence-electron chi connectivity index (χ0n) is 19.7. The Kier molecular flexibility index (Phi) is 7.65. The Morgan fingerprint density at radius 3 is 2.47 bits per heavy atom. The average Bonchev–Trinajstić information content (AvgIpc) is 3.15. The molecule has 7 heteroatoms. The Labute approximate surface area is 222 Å². The Balaban J connectivity index is 1.72. The average molecular weight is 604 g/mol. The summed E-state index contributed by atoms with van der Waals surface area (Å²) in [6, 6.07) is 13.5. The van der Waals surface area contributed by atoms with Gasteiger partial charge in [0.2, 0.25) is 0 Å². The van der Waals surface area contributed by atoms with Gasteiger partial charge in [-0.15, -0.1) is 11.3 Å². The van der Waals surface area contributed by atoms with Crippen molar-refractivity contribution >= 4 is 66.0 Å². The molecule has 1 N–H and O–H groups in total. The molecule has 4 nitrogen and oxygen atoms in total.